The van der Waals surface area contributed by atoms with Crippen LogP contribution in [0.15, 0.2) is 81.1 Å². The third-order valence-electron chi connectivity index (χ3n) is 5.41. The zero-order chi connectivity index (χ0) is 22.7. The molecule has 0 aliphatic rings. The lowest BCUT2D eigenvalue weighted by Gasteiger charge is -2.20. The van der Waals surface area contributed by atoms with Crippen LogP contribution < -0.4 is 10.3 Å². The van der Waals surface area contributed by atoms with Crippen LogP contribution >= 0.6 is 0 Å². The average Bonchev–Trinajstić information content (AvgIpc) is 3.33. The van der Waals surface area contributed by atoms with Crippen LogP contribution in [0.3, 0.4) is 0 Å². The van der Waals surface area contributed by atoms with Crippen LogP contribution in [-0.2, 0) is 0 Å². The minimum absolute atomic E-state index is 0.0565. The van der Waals surface area contributed by atoms with Crippen molar-refractivity contribution in [3.63, 3.8) is 0 Å². The monoisotopic (exact) mass is 431 g/mol. The van der Waals surface area contributed by atoms with Gasteiger partial charge in [0.15, 0.2) is 0 Å². The van der Waals surface area contributed by atoms with Crippen molar-refractivity contribution in [2.45, 2.75) is 6.04 Å². The fourth-order valence-electron chi connectivity index (χ4n) is 3.71. The Bertz CT molecular complexity index is 1310. The molecule has 0 spiro atoms. The van der Waals surface area contributed by atoms with E-state index in [9.17, 15) is 9.90 Å². The van der Waals surface area contributed by atoms with Gasteiger partial charge in [-0.25, -0.2) is 4.57 Å². The van der Waals surface area contributed by atoms with E-state index >= 15 is 0 Å². The van der Waals surface area contributed by atoms with Gasteiger partial charge in [0.1, 0.15) is 11.5 Å². The molecule has 1 atom stereocenters. The first-order valence-corrected chi connectivity index (χ1v) is 10.2. The first-order chi connectivity index (χ1) is 15.5. The maximum Gasteiger partial charge on any atom is 0.265 e. The van der Waals surface area contributed by atoms with Crippen molar-refractivity contribution in [2.24, 2.45) is 4.99 Å². The Kier molecular flexibility index (Phi) is 6.09. The highest BCUT2D eigenvalue weighted by atomic mass is 16.5. The quantitative estimate of drug-likeness (QED) is 0.447. The van der Waals surface area contributed by atoms with Gasteiger partial charge in [0.2, 0.25) is 5.88 Å². The molecule has 4 rings (SSSR count). The topological polar surface area (TPSA) is 80.2 Å². The Hall–Kier alpha value is -3.84. The number of aromatic nitrogens is 1. The molecule has 0 fully saturated rings. The highest BCUT2D eigenvalue weighted by Gasteiger charge is 2.18. The number of likely N-dealkylation sites (N-methyl/N-ethyl adjacent to an activating group) is 1. The van der Waals surface area contributed by atoms with Crippen LogP contribution in [0.25, 0.3) is 16.5 Å². The maximum atomic E-state index is 13.2. The van der Waals surface area contributed by atoms with Gasteiger partial charge in [0.05, 0.1) is 37.2 Å². The zero-order valence-corrected chi connectivity index (χ0v) is 18.2. The summed E-state index contributed by atoms with van der Waals surface area (Å²) in [6.45, 7) is 0.423. The summed E-state index contributed by atoms with van der Waals surface area (Å²) >= 11 is 0. The van der Waals surface area contributed by atoms with E-state index in [1.54, 1.807) is 56.0 Å². The summed E-state index contributed by atoms with van der Waals surface area (Å²) < 4.78 is 12.1. The van der Waals surface area contributed by atoms with Crippen molar-refractivity contribution < 1.29 is 14.3 Å². The van der Waals surface area contributed by atoms with Crippen molar-refractivity contribution in [1.82, 2.24) is 9.47 Å². The van der Waals surface area contributed by atoms with E-state index in [0.29, 0.717) is 34.3 Å². The molecule has 2 heterocycles. The van der Waals surface area contributed by atoms with Crippen molar-refractivity contribution in [1.29, 1.82) is 0 Å². The number of aliphatic imine (C=N–C) groups is 1. The van der Waals surface area contributed by atoms with Gasteiger partial charge in [0, 0.05) is 23.1 Å². The number of methoxy groups -OCH3 is 1. The molecule has 164 valence electrons. The standard InChI is InChI=1S/C25H25N3O4/c1-27(2)22(23-12-7-13-32-23)16-26-15-21-19-10-4-5-11-20(19)24(29)28(25(21)30)17-8-6-9-18(14-17)31-3/h4-15,22,30H,16H2,1-3H3. The first kappa shape index (κ1) is 21.4. The van der Waals surface area contributed by atoms with E-state index in [4.69, 9.17) is 9.15 Å². The van der Waals surface area contributed by atoms with Crippen LogP contribution in [0, 0.1) is 0 Å². The molecule has 4 aromatic rings. The van der Waals surface area contributed by atoms with E-state index in [1.807, 2.05) is 43.3 Å². The summed E-state index contributed by atoms with van der Waals surface area (Å²) in [4.78, 5) is 19.8. The van der Waals surface area contributed by atoms with Gasteiger partial charge in [-0.1, -0.05) is 24.3 Å². The number of hydrogen-bond donors (Lipinski definition) is 1. The molecule has 7 heteroatoms. The second-order valence-electron chi connectivity index (χ2n) is 7.61. The highest BCUT2D eigenvalue weighted by molar-refractivity contribution is 6.01. The van der Waals surface area contributed by atoms with Crippen LogP contribution in [0.1, 0.15) is 17.4 Å². The molecule has 0 aliphatic heterocycles. The lowest BCUT2D eigenvalue weighted by Crippen LogP contribution is -2.22. The summed E-state index contributed by atoms with van der Waals surface area (Å²) in [5.74, 6) is 1.22. The Labute approximate surface area is 185 Å². The average molecular weight is 431 g/mol. The van der Waals surface area contributed by atoms with Gasteiger partial charge in [-0.3, -0.25) is 14.7 Å². The van der Waals surface area contributed by atoms with Gasteiger partial charge in [0.25, 0.3) is 5.56 Å². The van der Waals surface area contributed by atoms with Crippen LogP contribution in [-0.4, -0.2) is 48.5 Å². The van der Waals surface area contributed by atoms with Crippen LogP contribution in [0.4, 0.5) is 0 Å². The number of hydrogen-bond acceptors (Lipinski definition) is 6. The number of pyridine rings is 1. The van der Waals surface area contributed by atoms with Crippen molar-refractivity contribution in [3.8, 4) is 17.3 Å². The normalized spacial score (nSPS) is 12.6. The highest BCUT2D eigenvalue weighted by Crippen LogP contribution is 2.27. The molecule has 0 saturated heterocycles. The second-order valence-corrected chi connectivity index (χ2v) is 7.61. The predicted molar refractivity (Wildman–Crippen MR) is 125 cm³/mol. The minimum atomic E-state index is -0.315. The van der Waals surface area contributed by atoms with Crippen molar-refractivity contribution in [2.75, 3.05) is 27.7 Å². The van der Waals surface area contributed by atoms with Gasteiger partial charge in [-0.15, -0.1) is 0 Å². The van der Waals surface area contributed by atoms with E-state index in [-0.39, 0.29) is 17.5 Å². The molecule has 7 nitrogen and oxygen atoms in total. The second kappa shape index (κ2) is 9.11. The summed E-state index contributed by atoms with van der Waals surface area (Å²) in [6.07, 6.45) is 3.26. The SMILES string of the molecule is COc1cccc(-n2c(O)c(C=NCC(c3ccco3)N(C)C)c3ccccc3c2=O)c1. The van der Waals surface area contributed by atoms with Crippen molar-refractivity contribution in [3.05, 3.63) is 88.6 Å². The third kappa shape index (κ3) is 4.02. The lowest BCUT2D eigenvalue weighted by molar-refractivity contribution is 0.265. The van der Waals surface area contributed by atoms with Gasteiger partial charge in [-0.05, 0) is 44.4 Å². The fourth-order valence-corrected chi connectivity index (χ4v) is 3.71. The fraction of sp³-hybridized carbons (Fsp3) is 0.200. The molecular formula is C25H25N3O4. The number of furan rings is 1. The van der Waals surface area contributed by atoms with E-state index in [1.165, 1.54) is 4.57 Å². The van der Waals surface area contributed by atoms with E-state index in [2.05, 4.69) is 4.99 Å². The summed E-state index contributed by atoms with van der Waals surface area (Å²) in [7, 11) is 5.47. The molecule has 0 aliphatic carbocycles. The molecule has 32 heavy (non-hydrogen) atoms. The summed E-state index contributed by atoms with van der Waals surface area (Å²) in [6, 6.07) is 17.9. The molecule has 2 aromatic heterocycles. The van der Waals surface area contributed by atoms with E-state index < -0.39 is 0 Å². The van der Waals surface area contributed by atoms with Gasteiger partial charge < -0.3 is 14.3 Å². The molecule has 0 saturated carbocycles. The molecular weight excluding hydrogens is 406 g/mol. The van der Waals surface area contributed by atoms with E-state index in [0.717, 1.165) is 5.76 Å². The molecule has 1 N–H and O–H groups in total. The largest absolute Gasteiger partial charge is 0.497 e. The number of fused-ring (bicyclic) bond motifs is 1. The Balaban J connectivity index is 1.82. The Morgan fingerprint density at radius 2 is 1.91 bits per heavy atom. The van der Waals surface area contributed by atoms with Crippen molar-refractivity contribution >= 4 is 17.0 Å². The number of nitrogens with zero attached hydrogens (tertiary/aromatic N) is 3. The summed E-state index contributed by atoms with van der Waals surface area (Å²) in [5, 5.41) is 12.3. The molecule has 0 amide bonds. The number of ether oxygens (including phenoxy) is 1. The minimum Gasteiger partial charge on any atom is -0.497 e. The smallest absolute Gasteiger partial charge is 0.265 e. The lowest BCUT2D eigenvalue weighted by atomic mass is 10.1. The Morgan fingerprint density at radius 3 is 2.59 bits per heavy atom. The summed E-state index contributed by atoms with van der Waals surface area (Å²) in [5.41, 5.74) is 0.666. The zero-order valence-electron chi connectivity index (χ0n) is 18.2. The number of benzene rings is 2. The maximum absolute atomic E-state index is 13.2. The Morgan fingerprint density at radius 1 is 1.12 bits per heavy atom. The number of rotatable bonds is 7. The number of aromatic hydroxyl groups is 1. The molecule has 0 bridgehead atoms. The van der Waals surface area contributed by atoms with Crippen LogP contribution in [0.5, 0.6) is 11.6 Å². The van der Waals surface area contributed by atoms with Crippen LogP contribution in [0.2, 0.25) is 0 Å². The predicted octanol–water partition coefficient (Wildman–Crippen LogP) is 4.02. The third-order valence-corrected chi connectivity index (χ3v) is 5.41. The molecule has 2 aromatic carbocycles. The molecule has 0 radical (unpaired) electrons. The van der Waals surface area contributed by atoms with Gasteiger partial charge >= 0.3 is 0 Å². The first-order valence-electron chi connectivity index (χ1n) is 10.2. The molecule has 1 unspecified atom stereocenters. The van der Waals surface area contributed by atoms with Gasteiger partial charge in [-0.2, -0.15) is 0 Å².